The standard InChI is InChI=1S/C27H33N5O4S/c1-6-36-19-10-11-20(17(2)16-19)22-13-12-21(25(29-22)32-15-14-18(3)27(32,4)5)26(33)31-37(34,35)24-9-7-8-23(28)30-24/h7-13,16,18H,6,14-15H2,1-5H3,(H2,28,30)(H,31,33). The van der Waals surface area contributed by atoms with Gasteiger partial charge in [0.2, 0.25) is 0 Å². The minimum Gasteiger partial charge on any atom is -0.494 e. The third-order valence-corrected chi connectivity index (χ3v) is 8.33. The van der Waals surface area contributed by atoms with E-state index < -0.39 is 15.9 Å². The first-order valence-electron chi connectivity index (χ1n) is 12.3. The lowest BCUT2D eigenvalue weighted by molar-refractivity contribution is 0.0981. The fraction of sp³-hybridized carbons (Fsp3) is 0.370. The van der Waals surface area contributed by atoms with Crippen LogP contribution in [0.2, 0.25) is 0 Å². The summed E-state index contributed by atoms with van der Waals surface area (Å²) in [6.45, 7) is 11.6. The van der Waals surface area contributed by atoms with Crippen LogP contribution in [0.3, 0.4) is 0 Å². The van der Waals surface area contributed by atoms with E-state index in [0.29, 0.717) is 30.6 Å². The predicted molar refractivity (Wildman–Crippen MR) is 144 cm³/mol. The largest absolute Gasteiger partial charge is 0.494 e. The first kappa shape index (κ1) is 26.4. The summed E-state index contributed by atoms with van der Waals surface area (Å²) in [6.07, 6.45) is 0.924. The van der Waals surface area contributed by atoms with Gasteiger partial charge in [-0.3, -0.25) is 4.79 Å². The Morgan fingerprint density at radius 3 is 2.57 bits per heavy atom. The second-order valence-electron chi connectivity index (χ2n) is 9.81. The zero-order valence-electron chi connectivity index (χ0n) is 21.8. The molecule has 3 N–H and O–H groups in total. The molecule has 1 unspecified atom stereocenters. The van der Waals surface area contributed by atoms with Crippen LogP contribution in [0.25, 0.3) is 11.3 Å². The molecular formula is C27H33N5O4S. The van der Waals surface area contributed by atoms with Gasteiger partial charge >= 0.3 is 0 Å². The van der Waals surface area contributed by atoms with E-state index in [9.17, 15) is 13.2 Å². The van der Waals surface area contributed by atoms with Gasteiger partial charge in [0.15, 0.2) is 5.03 Å². The highest BCUT2D eigenvalue weighted by Gasteiger charge is 2.41. The van der Waals surface area contributed by atoms with E-state index in [1.54, 1.807) is 12.1 Å². The number of ether oxygens (including phenoxy) is 1. The zero-order chi connectivity index (χ0) is 27.0. The van der Waals surface area contributed by atoms with Gasteiger partial charge < -0.3 is 15.4 Å². The van der Waals surface area contributed by atoms with Crippen LogP contribution in [-0.4, -0.2) is 43.0 Å². The number of aryl methyl sites for hydroxylation is 1. The predicted octanol–water partition coefficient (Wildman–Crippen LogP) is 4.18. The highest BCUT2D eigenvalue weighted by atomic mass is 32.2. The molecule has 0 saturated carbocycles. The maximum Gasteiger partial charge on any atom is 0.281 e. The molecule has 37 heavy (non-hydrogen) atoms. The molecule has 1 aliphatic heterocycles. The summed E-state index contributed by atoms with van der Waals surface area (Å²) < 4.78 is 33.6. The number of carbonyl (C=O) groups excluding carboxylic acids is 1. The van der Waals surface area contributed by atoms with E-state index >= 15 is 0 Å². The molecule has 0 radical (unpaired) electrons. The average molecular weight is 524 g/mol. The van der Waals surface area contributed by atoms with E-state index in [-0.39, 0.29) is 21.9 Å². The van der Waals surface area contributed by atoms with Gasteiger partial charge in [0, 0.05) is 17.6 Å². The Bertz CT molecular complexity index is 1440. The molecular weight excluding hydrogens is 490 g/mol. The van der Waals surface area contributed by atoms with Crippen molar-refractivity contribution in [2.75, 3.05) is 23.8 Å². The molecule has 1 atom stereocenters. The van der Waals surface area contributed by atoms with Crippen molar-refractivity contribution in [2.24, 2.45) is 5.92 Å². The second kappa shape index (κ2) is 10.0. The van der Waals surface area contributed by atoms with Crippen LogP contribution < -0.4 is 20.1 Å². The number of sulfonamides is 1. The van der Waals surface area contributed by atoms with Crippen molar-refractivity contribution in [2.45, 2.75) is 51.6 Å². The van der Waals surface area contributed by atoms with Crippen molar-refractivity contribution >= 4 is 27.6 Å². The first-order chi connectivity index (χ1) is 17.4. The fourth-order valence-corrected chi connectivity index (χ4v) is 5.52. The average Bonchev–Trinajstić information content (AvgIpc) is 3.10. The van der Waals surface area contributed by atoms with Gasteiger partial charge in [-0.2, -0.15) is 8.42 Å². The molecule has 9 nitrogen and oxygen atoms in total. The number of nitrogens with one attached hydrogen (secondary N) is 1. The minimum atomic E-state index is -4.24. The normalized spacial score (nSPS) is 17.0. The Kier molecular flexibility index (Phi) is 7.14. The number of carbonyl (C=O) groups is 1. The van der Waals surface area contributed by atoms with Crippen LogP contribution in [0, 0.1) is 12.8 Å². The highest BCUT2D eigenvalue weighted by molar-refractivity contribution is 7.90. The first-order valence-corrected chi connectivity index (χ1v) is 13.7. The number of anilines is 2. The number of nitrogens with two attached hydrogens (primary N) is 1. The Morgan fingerprint density at radius 2 is 1.95 bits per heavy atom. The molecule has 1 saturated heterocycles. The summed E-state index contributed by atoms with van der Waals surface area (Å²) in [6, 6.07) is 13.4. The molecule has 0 aliphatic carbocycles. The maximum absolute atomic E-state index is 13.4. The van der Waals surface area contributed by atoms with Crippen LogP contribution >= 0.6 is 0 Å². The fourth-order valence-electron chi connectivity index (χ4n) is 4.58. The topological polar surface area (TPSA) is 128 Å². The number of hydrogen-bond donors (Lipinski definition) is 2. The highest BCUT2D eigenvalue weighted by Crippen LogP contribution is 2.39. The van der Waals surface area contributed by atoms with Crippen molar-refractivity contribution in [1.82, 2.24) is 14.7 Å². The van der Waals surface area contributed by atoms with Crippen LogP contribution in [0.5, 0.6) is 5.75 Å². The lowest BCUT2D eigenvalue weighted by atomic mass is 9.90. The van der Waals surface area contributed by atoms with Crippen LogP contribution in [0.1, 0.15) is 50.0 Å². The van der Waals surface area contributed by atoms with Gasteiger partial charge in [-0.1, -0.05) is 13.0 Å². The van der Waals surface area contributed by atoms with Crippen molar-refractivity contribution in [1.29, 1.82) is 0 Å². The van der Waals surface area contributed by atoms with Crippen LogP contribution in [0.4, 0.5) is 11.6 Å². The van der Waals surface area contributed by atoms with Crippen molar-refractivity contribution in [3.8, 4) is 17.0 Å². The molecule has 1 fully saturated rings. The second-order valence-corrected chi connectivity index (χ2v) is 11.4. The summed E-state index contributed by atoms with van der Waals surface area (Å²) in [5.74, 6) is 0.821. The Morgan fingerprint density at radius 1 is 1.19 bits per heavy atom. The van der Waals surface area contributed by atoms with Gasteiger partial charge in [0.25, 0.3) is 15.9 Å². The molecule has 3 aromatic rings. The number of rotatable bonds is 7. The molecule has 2 aromatic heterocycles. The molecule has 0 bridgehead atoms. The molecule has 1 aromatic carbocycles. The van der Waals surface area contributed by atoms with Crippen LogP contribution in [0.15, 0.2) is 53.6 Å². The SMILES string of the molecule is CCOc1ccc(-c2ccc(C(=O)NS(=O)(=O)c3cccc(N)n3)c(N3CCC(C)C3(C)C)n2)c(C)c1. The van der Waals surface area contributed by atoms with E-state index in [4.69, 9.17) is 15.5 Å². The lowest BCUT2D eigenvalue weighted by Gasteiger charge is -2.36. The summed E-state index contributed by atoms with van der Waals surface area (Å²) in [4.78, 5) is 24.2. The van der Waals surface area contributed by atoms with E-state index in [1.165, 1.54) is 18.2 Å². The molecule has 1 amide bonds. The third-order valence-electron chi connectivity index (χ3n) is 7.10. The number of amides is 1. The van der Waals surface area contributed by atoms with Gasteiger partial charge in [0.1, 0.15) is 17.4 Å². The molecule has 196 valence electrons. The van der Waals surface area contributed by atoms with Gasteiger partial charge in [-0.15, -0.1) is 0 Å². The van der Waals surface area contributed by atoms with E-state index in [0.717, 1.165) is 23.3 Å². The van der Waals surface area contributed by atoms with Crippen molar-refractivity contribution in [3.05, 3.63) is 59.7 Å². The van der Waals surface area contributed by atoms with Gasteiger partial charge in [-0.05, 0) is 88.1 Å². The lowest BCUT2D eigenvalue weighted by Crippen LogP contribution is -2.43. The quantitative estimate of drug-likeness (QED) is 0.472. The maximum atomic E-state index is 13.4. The van der Waals surface area contributed by atoms with E-state index in [2.05, 4.69) is 35.4 Å². The number of nitrogen functional groups attached to an aromatic ring is 1. The molecule has 4 rings (SSSR count). The monoisotopic (exact) mass is 523 g/mol. The van der Waals surface area contributed by atoms with E-state index in [1.807, 2.05) is 32.0 Å². The van der Waals surface area contributed by atoms with Gasteiger partial charge in [0.05, 0.1) is 17.9 Å². The molecule has 10 heteroatoms. The third kappa shape index (κ3) is 5.24. The number of aromatic nitrogens is 2. The Balaban J connectivity index is 1.77. The minimum absolute atomic E-state index is 0.0422. The smallest absolute Gasteiger partial charge is 0.281 e. The summed E-state index contributed by atoms with van der Waals surface area (Å²) in [7, 11) is -4.24. The summed E-state index contributed by atoms with van der Waals surface area (Å²) in [5, 5.41) is -0.327. The number of pyridine rings is 2. The Hall–Kier alpha value is -3.66. The number of hydrogen-bond acceptors (Lipinski definition) is 8. The van der Waals surface area contributed by atoms with Crippen LogP contribution in [-0.2, 0) is 10.0 Å². The number of benzene rings is 1. The Labute approximate surface area is 218 Å². The molecule has 3 heterocycles. The number of nitrogens with zero attached hydrogens (tertiary/aromatic N) is 3. The van der Waals surface area contributed by atoms with Crippen molar-refractivity contribution in [3.63, 3.8) is 0 Å². The summed E-state index contributed by atoms with van der Waals surface area (Å²) >= 11 is 0. The molecule has 0 spiro atoms. The van der Waals surface area contributed by atoms with Gasteiger partial charge in [-0.25, -0.2) is 14.7 Å². The summed E-state index contributed by atoms with van der Waals surface area (Å²) in [5.41, 5.74) is 8.09. The van der Waals surface area contributed by atoms with Crippen molar-refractivity contribution < 1.29 is 17.9 Å². The molecule has 1 aliphatic rings. The zero-order valence-corrected chi connectivity index (χ0v) is 22.6.